The van der Waals surface area contributed by atoms with Crippen LogP contribution in [0.5, 0.6) is 0 Å². The van der Waals surface area contributed by atoms with Crippen molar-refractivity contribution in [1.82, 2.24) is 4.98 Å². The molecule has 1 atom stereocenters. The predicted octanol–water partition coefficient (Wildman–Crippen LogP) is 2.48. The van der Waals surface area contributed by atoms with Crippen LogP contribution in [0, 0.1) is 5.41 Å². The van der Waals surface area contributed by atoms with E-state index < -0.39 is 0 Å². The van der Waals surface area contributed by atoms with Crippen molar-refractivity contribution >= 4 is 11.3 Å². The highest BCUT2D eigenvalue weighted by Gasteiger charge is 2.21. The number of aliphatic hydroxyl groups excluding tert-OH is 1. The fraction of sp³-hybridized carbons (Fsp3) is 0.700. The van der Waals surface area contributed by atoms with Gasteiger partial charge in [0.25, 0.3) is 0 Å². The first-order chi connectivity index (χ1) is 5.99. The molecule has 0 saturated carbocycles. The molecule has 0 bridgehead atoms. The topological polar surface area (TPSA) is 33.1 Å². The van der Waals surface area contributed by atoms with Gasteiger partial charge in [0.05, 0.1) is 11.6 Å². The Balaban J connectivity index is 2.51. The van der Waals surface area contributed by atoms with Crippen LogP contribution in [-0.4, -0.2) is 16.2 Å². The van der Waals surface area contributed by atoms with Crippen molar-refractivity contribution in [2.45, 2.75) is 39.7 Å². The van der Waals surface area contributed by atoms with E-state index in [1.807, 2.05) is 18.6 Å². The fourth-order valence-corrected chi connectivity index (χ4v) is 2.53. The van der Waals surface area contributed by atoms with Gasteiger partial charge in [-0.1, -0.05) is 13.8 Å². The van der Waals surface area contributed by atoms with Crippen molar-refractivity contribution in [3.63, 3.8) is 0 Å². The van der Waals surface area contributed by atoms with E-state index in [0.717, 1.165) is 12.8 Å². The van der Waals surface area contributed by atoms with E-state index in [9.17, 15) is 5.11 Å². The normalized spacial score (nSPS) is 14.5. The molecule has 0 aliphatic rings. The van der Waals surface area contributed by atoms with Crippen LogP contribution >= 0.6 is 11.3 Å². The number of aliphatic hydroxyl groups is 1. The summed E-state index contributed by atoms with van der Waals surface area (Å²) in [5.74, 6) is 0. The van der Waals surface area contributed by atoms with Crippen LogP contribution in [0.1, 0.15) is 32.1 Å². The Morgan fingerprint density at radius 3 is 2.77 bits per heavy atom. The summed E-state index contributed by atoms with van der Waals surface area (Å²) in [5, 5.41) is 9.30. The zero-order valence-corrected chi connectivity index (χ0v) is 9.27. The van der Waals surface area contributed by atoms with Crippen molar-refractivity contribution in [2.75, 3.05) is 0 Å². The van der Waals surface area contributed by atoms with Crippen molar-refractivity contribution in [3.05, 3.63) is 16.6 Å². The average Bonchev–Trinajstić information content (AvgIpc) is 2.34. The van der Waals surface area contributed by atoms with E-state index in [2.05, 4.69) is 18.8 Å². The average molecular weight is 199 g/mol. The maximum Gasteiger partial charge on any atom is 0.0794 e. The summed E-state index contributed by atoms with van der Waals surface area (Å²) in [5.41, 5.74) is 2.02. The molecule has 1 N–H and O–H groups in total. The Kier molecular flexibility index (Phi) is 3.45. The largest absolute Gasteiger partial charge is 0.393 e. The van der Waals surface area contributed by atoms with E-state index in [1.165, 1.54) is 4.88 Å². The van der Waals surface area contributed by atoms with Gasteiger partial charge in [-0.25, -0.2) is 0 Å². The quantitative estimate of drug-likeness (QED) is 0.808. The molecule has 1 rings (SSSR count). The summed E-state index contributed by atoms with van der Waals surface area (Å²) in [4.78, 5) is 5.34. The van der Waals surface area contributed by atoms with Crippen molar-refractivity contribution in [1.29, 1.82) is 0 Å². The fourth-order valence-electron chi connectivity index (χ4n) is 1.67. The van der Waals surface area contributed by atoms with Gasteiger partial charge in [0.1, 0.15) is 0 Å². The molecule has 0 saturated heterocycles. The summed E-state index contributed by atoms with van der Waals surface area (Å²) >= 11 is 1.68. The number of nitrogens with zero attached hydrogens (tertiary/aromatic N) is 1. The zero-order valence-electron chi connectivity index (χ0n) is 8.45. The molecule has 1 heterocycles. The van der Waals surface area contributed by atoms with Crippen LogP contribution in [0.3, 0.4) is 0 Å². The highest BCUT2D eigenvalue weighted by atomic mass is 32.1. The standard InChI is InChI=1S/C10H17NOS/c1-8(12)4-10(2,3)5-9-6-11-7-13-9/h6-8,12H,4-5H2,1-3H3. The zero-order chi connectivity index (χ0) is 9.90. The van der Waals surface area contributed by atoms with Crippen molar-refractivity contribution in [3.8, 4) is 0 Å². The third-order valence-corrected chi connectivity index (χ3v) is 2.76. The van der Waals surface area contributed by atoms with E-state index in [-0.39, 0.29) is 11.5 Å². The van der Waals surface area contributed by atoms with Gasteiger partial charge in [0.15, 0.2) is 0 Å². The Hall–Kier alpha value is -0.410. The van der Waals surface area contributed by atoms with Gasteiger partial charge < -0.3 is 5.11 Å². The van der Waals surface area contributed by atoms with Crippen LogP contribution in [0.2, 0.25) is 0 Å². The second-order valence-electron chi connectivity index (χ2n) is 4.36. The molecule has 2 nitrogen and oxygen atoms in total. The second kappa shape index (κ2) is 4.20. The van der Waals surface area contributed by atoms with E-state index in [0.29, 0.717) is 0 Å². The molecule has 13 heavy (non-hydrogen) atoms. The Bertz CT molecular complexity index is 241. The third-order valence-electron chi connectivity index (χ3n) is 1.98. The van der Waals surface area contributed by atoms with Gasteiger partial charge in [-0.15, -0.1) is 11.3 Å². The van der Waals surface area contributed by atoms with Gasteiger partial charge in [-0.2, -0.15) is 0 Å². The van der Waals surface area contributed by atoms with Crippen LogP contribution in [0.25, 0.3) is 0 Å². The van der Waals surface area contributed by atoms with Crippen molar-refractivity contribution < 1.29 is 5.11 Å². The van der Waals surface area contributed by atoms with Crippen LogP contribution in [0.4, 0.5) is 0 Å². The highest BCUT2D eigenvalue weighted by Crippen LogP contribution is 2.28. The molecule has 3 heteroatoms. The van der Waals surface area contributed by atoms with E-state index in [1.54, 1.807) is 11.3 Å². The van der Waals surface area contributed by atoms with E-state index in [4.69, 9.17) is 0 Å². The molecule has 0 aromatic carbocycles. The monoisotopic (exact) mass is 199 g/mol. The maximum atomic E-state index is 9.30. The van der Waals surface area contributed by atoms with Gasteiger partial charge >= 0.3 is 0 Å². The lowest BCUT2D eigenvalue weighted by Gasteiger charge is -2.25. The number of rotatable bonds is 4. The summed E-state index contributed by atoms with van der Waals surface area (Å²) in [6.45, 7) is 6.20. The third kappa shape index (κ3) is 3.87. The van der Waals surface area contributed by atoms with E-state index >= 15 is 0 Å². The molecular formula is C10H17NOS. The molecule has 1 unspecified atom stereocenters. The summed E-state index contributed by atoms with van der Waals surface area (Å²) in [7, 11) is 0. The Morgan fingerprint density at radius 2 is 2.31 bits per heavy atom. The van der Waals surface area contributed by atoms with Crippen molar-refractivity contribution in [2.24, 2.45) is 5.41 Å². The highest BCUT2D eigenvalue weighted by molar-refractivity contribution is 7.09. The minimum absolute atomic E-state index is 0.167. The van der Waals surface area contributed by atoms with Gasteiger partial charge in [-0.3, -0.25) is 4.98 Å². The first kappa shape index (κ1) is 10.7. The van der Waals surface area contributed by atoms with Crippen LogP contribution in [0.15, 0.2) is 11.7 Å². The molecule has 0 aliphatic carbocycles. The molecule has 74 valence electrons. The molecule has 0 aliphatic heterocycles. The molecule has 0 radical (unpaired) electrons. The maximum absolute atomic E-state index is 9.30. The van der Waals surface area contributed by atoms with Gasteiger partial charge in [0.2, 0.25) is 0 Å². The predicted molar refractivity (Wildman–Crippen MR) is 55.9 cm³/mol. The number of hydrogen-bond acceptors (Lipinski definition) is 3. The number of aromatic nitrogens is 1. The minimum atomic E-state index is -0.220. The molecule has 0 amide bonds. The summed E-state index contributed by atoms with van der Waals surface area (Å²) in [6, 6.07) is 0. The smallest absolute Gasteiger partial charge is 0.0794 e. The molecule has 1 aromatic rings. The number of hydrogen-bond donors (Lipinski definition) is 1. The van der Waals surface area contributed by atoms with Crippen LogP contribution in [-0.2, 0) is 6.42 Å². The van der Waals surface area contributed by atoms with Gasteiger partial charge in [-0.05, 0) is 25.2 Å². The second-order valence-corrected chi connectivity index (χ2v) is 5.33. The lowest BCUT2D eigenvalue weighted by atomic mass is 9.83. The van der Waals surface area contributed by atoms with Gasteiger partial charge in [0, 0.05) is 11.1 Å². The first-order valence-corrected chi connectivity index (χ1v) is 5.43. The SMILES string of the molecule is CC(O)CC(C)(C)Cc1cncs1. The van der Waals surface area contributed by atoms with Crippen LogP contribution < -0.4 is 0 Å². The lowest BCUT2D eigenvalue weighted by Crippen LogP contribution is -2.20. The lowest BCUT2D eigenvalue weighted by molar-refractivity contribution is 0.130. The molecule has 1 aromatic heterocycles. The first-order valence-electron chi connectivity index (χ1n) is 4.55. The molecule has 0 spiro atoms. The Morgan fingerprint density at radius 1 is 1.62 bits per heavy atom. The molecule has 0 fully saturated rings. The minimum Gasteiger partial charge on any atom is -0.393 e. The Labute approximate surface area is 83.6 Å². The molecular weight excluding hydrogens is 182 g/mol. The summed E-state index contributed by atoms with van der Waals surface area (Å²) in [6.07, 6.45) is 3.53. The number of thiazole rings is 1. The summed E-state index contributed by atoms with van der Waals surface area (Å²) < 4.78 is 0.